The summed E-state index contributed by atoms with van der Waals surface area (Å²) in [5.41, 5.74) is 4.02. The van der Waals surface area contributed by atoms with E-state index in [2.05, 4.69) is 20.8 Å². The first-order valence-corrected chi connectivity index (χ1v) is 10.1. The van der Waals surface area contributed by atoms with Crippen LogP contribution in [0.25, 0.3) is 5.69 Å². The van der Waals surface area contributed by atoms with Gasteiger partial charge in [0.1, 0.15) is 0 Å². The number of nitrogens with one attached hydrogen (secondary N) is 1. The van der Waals surface area contributed by atoms with Crippen molar-refractivity contribution >= 4 is 17.7 Å². The molecule has 4 rings (SSSR count). The second-order valence-electron chi connectivity index (χ2n) is 6.78. The third-order valence-electron chi connectivity index (χ3n) is 4.65. The van der Waals surface area contributed by atoms with Gasteiger partial charge in [0.2, 0.25) is 17.9 Å². The molecule has 1 aromatic heterocycles. The Morgan fingerprint density at radius 1 is 1.21 bits per heavy atom. The molecule has 2 heterocycles. The molecule has 29 heavy (non-hydrogen) atoms. The lowest BCUT2D eigenvalue weighted by molar-refractivity contribution is -0.120. The number of aromatic nitrogens is 4. The van der Waals surface area contributed by atoms with Gasteiger partial charge in [-0.25, -0.2) is 0 Å². The van der Waals surface area contributed by atoms with Crippen LogP contribution in [0.1, 0.15) is 23.6 Å². The van der Waals surface area contributed by atoms with Gasteiger partial charge < -0.3 is 14.8 Å². The Morgan fingerprint density at radius 2 is 1.97 bits per heavy atom. The minimum absolute atomic E-state index is 0.0938. The van der Waals surface area contributed by atoms with Gasteiger partial charge in [-0.3, -0.25) is 4.79 Å². The summed E-state index contributed by atoms with van der Waals surface area (Å²) in [6, 6.07) is 11.7. The number of ether oxygens (including phenoxy) is 2. The summed E-state index contributed by atoms with van der Waals surface area (Å²) in [6.45, 7) is 6.50. The van der Waals surface area contributed by atoms with E-state index in [9.17, 15) is 4.79 Å². The van der Waals surface area contributed by atoms with Crippen LogP contribution in [0.15, 0.2) is 41.6 Å². The van der Waals surface area contributed by atoms with Crippen molar-refractivity contribution in [3.05, 3.63) is 53.1 Å². The first-order valence-electron chi connectivity index (χ1n) is 9.21. The predicted molar refractivity (Wildman–Crippen MR) is 108 cm³/mol. The van der Waals surface area contributed by atoms with Crippen molar-refractivity contribution in [2.24, 2.45) is 0 Å². The van der Waals surface area contributed by atoms with Crippen LogP contribution in [0.2, 0.25) is 0 Å². The smallest absolute Gasteiger partial charge is 0.233 e. The molecule has 1 atom stereocenters. The zero-order valence-corrected chi connectivity index (χ0v) is 17.2. The Bertz CT molecular complexity index is 1030. The molecule has 0 bridgehead atoms. The zero-order valence-electron chi connectivity index (χ0n) is 16.4. The summed E-state index contributed by atoms with van der Waals surface area (Å²) in [7, 11) is 0. The Morgan fingerprint density at radius 3 is 2.76 bits per heavy atom. The largest absolute Gasteiger partial charge is 0.454 e. The Labute approximate surface area is 172 Å². The van der Waals surface area contributed by atoms with E-state index in [4.69, 9.17) is 9.47 Å². The molecular formula is C20H21N5O3S. The molecule has 9 heteroatoms. The van der Waals surface area contributed by atoms with Gasteiger partial charge in [-0.1, -0.05) is 36.0 Å². The summed E-state index contributed by atoms with van der Waals surface area (Å²) in [5.74, 6) is 1.33. The highest BCUT2D eigenvalue weighted by molar-refractivity contribution is 8.00. The monoisotopic (exact) mass is 411 g/mol. The quantitative estimate of drug-likeness (QED) is 0.624. The fraction of sp³-hybridized carbons (Fsp3) is 0.300. The number of rotatable bonds is 6. The maximum absolute atomic E-state index is 12.6. The Kier molecular flexibility index (Phi) is 5.39. The maximum Gasteiger partial charge on any atom is 0.233 e. The number of amides is 1. The zero-order chi connectivity index (χ0) is 20.4. The van der Waals surface area contributed by atoms with E-state index >= 15 is 0 Å². The second kappa shape index (κ2) is 8.12. The third-order valence-corrected chi connectivity index (χ3v) is 5.68. The van der Waals surface area contributed by atoms with Crippen LogP contribution >= 0.6 is 11.8 Å². The van der Waals surface area contributed by atoms with Gasteiger partial charge in [-0.2, -0.15) is 4.68 Å². The lowest BCUT2D eigenvalue weighted by atomic mass is 10.1. The van der Waals surface area contributed by atoms with Crippen LogP contribution in [0.5, 0.6) is 11.5 Å². The summed E-state index contributed by atoms with van der Waals surface area (Å²) in [6.07, 6.45) is 0. The van der Waals surface area contributed by atoms with Gasteiger partial charge in [0.05, 0.1) is 10.9 Å². The number of tetrazole rings is 1. The molecule has 1 N–H and O–H groups in total. The lowest BCUT2D eigenvalue weighted by Crippen LogP contribution is -2.30. The first kappa shape index (κ1) is 19.3. The van der Waals surface area contributed by atoms with E-state index in [0.29, 0.717) is 17.5 Å². The highest BCUT2D eigenvalue weighted by Crippen LogP contribution is 2.32. The van der Waals surface area contributed by atoms with E-state index in [1.165, 1.54) is 11.8 Å². The highest BCUT2D eigenvalue weighted by atomic mass is 32.2. The van der Waals surface area contributed by atoms with E-state index in [1.807, 2.05) is 57.2 Å². The fourth-order valence-electron chi connectivity index (χ4n) is 3.13. The number of aryl methyl sites for hydroxylation is 2. The number of hydrogen-bond donors (Lipinski definition) is 1. The van der Waals surface area contributed by atoms with Crippen molar-refractivity contribution in [2.45, 2.75) is 37.7 Å². The highest BCUT2D eigenvalue weighted by Gasteiger charge is 2.21. The van der Waals surface area contributed by atoms with Crippen molar-refractivity contribution in [1.82, 2.24) is 25.5 Å². The van der Waals surface area contributed by atoms with Crippen molar-refractivity contribution < 1.29 is 14.3 Å². The summed E-state index contributed by atoms with van der Waals surface area (Å²) in [4.78, 5) is 12.6. The number of benzene rings is 2. The number of nitrogens with zero attached hydrogens (tertiary/aromatic N) is 4. The van der Waals surface area contributed by atoms with Gasteiger partial charge in [-0.05, 0) is 60.0 Å². The van der Waals surface area contributed by atoms with Gasteiger partial charge in [-0.15, -0.1) is 5.10 Å². The van der Waals surface area contributed by atoms with Gasteiger partial charge in [0, 0.05) is 6.54 Å². The number of hydrogen-bond acceptors (Lipinski definition) is 7. The van der Waals surface area contributed by atoms with E-state index in [1.54, 1.807) is 4.68 Å². The number of para-hydroxylation sites is 1. The predicted octanol–water partition coefficient (Wildman–Crippen LogP) is 2.80. The maximum atomic E-state index is 12.6. The molecule has 0 saturated heterocycles. The minimum Gasteiger partial charge on any atom is -0.454 e. The topological polar surface area (TPSA) is 91.2 Å². The lowest BCUT2D eigenvalue weighted by Gasteiger charge is -2.14. The Hall–Kier alpha value is -3.07. The van der Waals surface area contributed by atoms with Crippen LogP contribution in [-0.4, -0.2) is 38.2 Å². The molecular weight excluding hydrogens is 390 g/mol. The van der Waals surface area contributed by atoms with E-state index in [0.717, 1.165) is 28.1 Å². The van der Waals surface area contributed by atoms with Crippen LogP contribution in [0.4, 0.5) is 0 Å². The van der Waals surface area contributed by atoms with Crippen molar-refractivity contribution in [3.8, 4) is 17.2 Å². The van der Waals surface area contributed by atoms with Crippen molar-refractivity contribution in [3.63, 3.8) is 0 Å². The molecule has 0 radical (unpaired) electrons. The molecule has 150 valence electrons. The van der Waals surface area contributed by atoms with E-state index < -0.39 is 0 Å². The first-order chi connectivity index (χ1) is 14.0. The standard InChI is InChI=1S/C20H21N5O3S/c1-12-5-4-6-13(2)18(12)25-20(22-23-24-25)29-14(3)19(26)21-10-15-7-8-16-17(9-15)28-11-27-16/h4-9,14H,10-11H2,1-3H3,(H,21,26)/t14-/m0/s1. The third kappa shape index (κ3) is 4.04. The number of thioether (sulfide) groups is 1. The molecule has 2 aromatic carbocycles. The SMILES string of the molecule is Cc1cccc(C)c1-n1nnnc1S[C@@H](C)C(=O)NCc1ccc2c(c1)OCO2. The number of fused-ring (bicyclic) bond motifs is 1. The minimum atomic E-state index is -0.363. The molecule has 1 amide bonds. The molecule has 8 nitrogen and oxygen atoms in total. The van der Waals surface area contributed by atoms with E-state index in [-0.39, 0.29) is 18.0 Å². The molecule has 0 spiro atoms. The van der Waals surface area contributed by atoms with Crippen LogP contribution in [-0.2, 0) is 11.3 Å². The van der Waals surface area contributed by atoms with Crippen LogP contribution < -0.4 is 14.8 Å². The Balaban J connectivity index is 1.42. The van der Waals surface area contributed by atoms with Gasteiger partial charge >= 0.3 is 0 Å². The van der Waals surface area contributed by atoms with Crippen molar-refractivity contribution in [1.29, 1.82) is 0 Å². The summed E-state index contributed by atoms with van der Waals surface area (Å²) >= 11 is 1.32. The number of carbonyl (C=O) groups is 1. The molecule has 3 aromatic rings. The summed E-state index contributed by atoms with van der Waals surface area (Å²) in [5, 5.41) is 15.2. The molecule has 0 saturated carbocycles. The molecule has 0 aliphatic carbocycles. The van der Waals surface area contributed by atoms with Crippen LogP contribution in [0.3, 0.4) is 0 Å². The fourth-order valence-corrected chi connectivity index (χ4v) is 3.95. The molecule has 0 fully saturated rings. The normalized spacial score (nSPS) is 13.3. The molecule has 1 aliphatic heterocycles. The van der Waals surface area contributed by atoms with Crippen molar-refractivity contribution in [2.75, 3.05) is 6.79 Å². The summed E-state index contributed by atoms with van der Waals surface area (Å²) < 4.78 is 12.4. The van der Waals surface area contributed by atoms with Gasteiger partial charge in [0.15, 0.2) is 11.5 Å². The molecule has 0 unspecified atom stereocenters. The number of carbonyl (C=O) groups excluding carboxylic acids is 1. The van der Waals surface area contributed by atoms with Gasteiger partial charge in [0.25, 0.3) is 0 Å². The second-order valence-corrected chi connectivity index (χ2v) is 8.09. The van der Waals surface area contributed by atoms with Crippen LogP contribution in [0, 0.1) is 13.8 Å². The average molecular weight is 411 g/mol. The average Bonchev–Trinajstić information content (AvgIpc) is 3.35. The molecule has 1 aliphatic rings.